The van der Waals surface area contributed by atoms with Crippen LogP contribution >= 0.6 is 0 Å². The number of nitrogens with two attached hydrogens (primary N) is 1. The van der Waals surface area contributed by atoms with Gasteiger partial charge in [-0.05, 0) is 95.4 Å². The van der Waals surface area contributed by atoms with E-state index in [1.54, 1.807) is 13.8 Å². The lowest BCUT2D eigenvalue weighted by atomic mass is 9.70. The molecule has 3 aliphatic heterocycles. The van der Waals surface area contributed by atoms with E-state index in [9.17, 15) is 9.90 Å². The molecule has 6 rings (SSSR count). The van der Waals surface area contributed by atoms with Crippen LogP contribution in [0, 0.1) is 6.92 Å². The Labute approximate surface area is 238 Å². The van der Waals surface area contributed by atoms with Crippen molar-refractivity contribution in [1.29, 1.82) is 0 Å². The summed E-state index contributed by atoms with van der Waals surface area (Å²) in [6.45, 7) is 7.84. The van der Waals surface area contributed by atoms with Gasteiger partial charge in [0.1, 0.15) is 11.9 Å². The largest absolute Gasteiger partial charge is 0.388 e. The number of fused-ring (bicyclic) bond motifs is 3. The van der Waals surface area contributed by atoms with Crippen molar-refractivity contribution in [3.63, 3.8) is 0 Å². The Morgan fingerprint density at radius 2 is 1.65 bits per heavy atom. The van der Waals surface area contributed by atoms with E-state index in [1.165, 1.54) is 36.8 Å². The van der Waals surface area contributed by atoms with E-state index in [0.717, 1.165) is 37.1 Å². The standard InChI is InChI=1S/C33H45N5O2/c1-23-35-28-11-7-8-12-29(28)38(23)27-21-25-13-14-26(22-27)37(25)20-17-33(24-9-5-4-6-10-24)15-18-36(19-16-33)31(39)30(34)32(2,3)40/h4-12,25-27,30,40H,13-22,34H2,1-3H3/t25-,26+,27+,30-/m1/s1. The molecule has 4 atom stereocenters. The van der Waals surface area contributed by atoms with Crippen LogP contribution in [0.3, 0.4) is 0 Å². The van der Waals surface area contributed by atoms with Gasteiger partial charge in [-0.15, -0.1) is 0 Å². The normalized spacial score (nSPS) is 25.8. The van der Waals surface area contributed by atoms with Gasteiger partial charge >= 0.3 is 0 Å². The van der Waals surface area contributed by atoms with E-state index < -0.39 is 11.6 Å². The molecule has 7 nitrogen and oxygen atoms in total. The summed E-state index contributed by atoms with van der Waals surface area (Å²) in [6, 6.07) is 20.3. The molecule has 0 unspecified atom stereocenters. The third kappa shape index (κ3) is 4.97. The third-order valence-corrected chi connectivity index (χ3v) is 10.3. The molecule has 7 heteroatoms. The molecule has 214 valence electrons. The van der Waals surface area contributed by atoms with Gasteiger partial charge in [-0.1, -0.05) is 42.5 Å². The van der Waals surface area contributed by atoms with Crippen LogP contribution in [0.25, 0.3) is 11.0 Å². The van der Waals surface area contributed by atoms with Gasteiger partial charge in [0.2, 0.25) is 5.91 Å². The van der Waals surface area contributed by atoms with Gasteiger partial charge in [0.05, 0.1) is 16.6 Å². The maximum Gasteiger partial charge on any atom is 0.242 e. The lowest BCUT2D eigenvalue weighted by molar-refractivity contribution is -0.139. The van der Waals surface area contributed by atoms with Gasteiger partial charge < -0.3 is 20.3 Å². The summed E-state index contributed by atoms with van der Waals surface area (Å²) in [5.74, 6) is 0.990. The Hall–Kier alpha value is -2.74. The van der Waals surface area contributed by atoms with Crippen LogP contribution < -0.4 is 5.73 Å². The zero-order chi connectivity index (χ0) is 28.1. The highest BCUT2D eigenvalue weighted by atomic mass is 16.3. The first kappa shape index (κ1) is 27.4. The van der Waals surface area contributed by atoms with Crippen LogP contribution in [0.15, 0.2) is 54.6 Å². The summed E-state index contributed by atoms with van der Waals surface area (Å²) < 4.78 is 2.51. The zero-order valence-corrected chi connectivity index (χ0v) is 24.3. The molecule has 0 aliphatic carbocycles. The minimum Gasteiger partial charge on any atom is -0.388 e. The van der Waals surface area contributed by atoms with Crippen LogP contribution in [-0.2, 0) is 10.2 Å². The summed E-state index contributed by atoms with van der Waals surface area (Å²) in [4.78, 5) is 22.6. The zero-order valence-electron chi connectivity index (χ0n) is 24.3. The number of benzene rings is 2. The predicted octanol–water partition coefficient (Wildman–Crippen LogP) is 4.56. The van der Waals surface area contributed by atoms with E-state index >= 15 is 0 Å². The molecule has 1 amide bonds. The molecule has 0 saturated carbocycles. The highest BCUT2D eigenvalue weighted by molar-refractivity contribution is 5.83. The molecule has 3 aromatic rings. The number of carbonyl (C=O) groups is 1. The van der Waals surface area contributed by atoms with Crippen molar-refractivity contribution in [2.45, 2.75) is 101 Å². The Morgan fingerprint density at radius 3 is 2.30 bits per heavy atom. The maximum atomic E-state index is 13.1. The van der Waals surface area contributed by atoms with Crippen molar-refractivity contribution < 1.29 is 9.90 Å². The second-order valence-electron chi connectivity index (χ2n) is 13.1. The second-order valence-corrected chi connectivity index (χ2v) is 13.1. The highest BCUT2D eigenvalue weighted by Gasteiger charge is 2.45. The van der Waals surface area contributed by atoms with Gasteiger partial charge in [0.15, 0.2) is 0 Å². The average molecular weight is 544 g/mol. The summed E-state index contributed by atoms with van der Waals surface area (Å²) in [6.07, 6.45) is 7.88. The monoisotopic (exact) mass is 543 g/mol. The van der Waals surface area contributed by atoms with Gasteiger partial charge in [-0.2, -0.15) is 0 Å². The fraction of sp³-hybridized carbons (Fsp3) is 0.576. The van der Waals surface area contributed by atoms with E-state index in [2.05, 4.69) is 71.0 Å². The molecule has 3 saturated heterocycles. The van der Waals surface area contributed by atoms with Crippen molar-refractivity contribution >= 4 is 16.9 Å². The predicted molar refractivity (Wildman–Crippen MR) is 159 cm³/mol. The molecule has 3 fully saturated rings. The lowest BCUT2D eigenvalue weighted by Crippen LogP contribution is -2.57. The van der Waals surface area contributed by atoms with Crippen molar-refractivity contribution in [1.82, 2.24) is 19.4 Å². The number of piperidine rings is 2. The van der Waals surface area contributed by atoms with E-state index in [0.29, 0.717) is 31.2 Å². The smallest absolute Gasteiger partial charge is 0.242 e. The molecule has 4 heterocycles. The molecule has 0 radical (unpaired) electrons. The number of aliphatic hydroxyl groups is 1. The number of amides is 1. The molecule has 2 aromatic carbocycles. The van der Waals surface area contributed by atoms with Crippen LogP contribution in [0.1, 0.15) is 76.2 Å². The van der Waals surface area contributed by atoms with E-state index in [4.69, 9.17) is 10.7 Å². The molecule has 3 N–H and O–H groups in total. The Balaban J connectivity index is 1.16. The lowest BCUT2D eigenvalue weighted by Gasteiger charge is -2.46. The molecule has 0 spiro atoms. The number of nitrogens with zero attached hydrogens (tertiary/aromatic N) is 4. The Bertz CT molecular complexity index is 1320. The quantitative estimate of drug-likeness (QED) is 0.456. The maximum absolute atomic E-state index is 13.1. The molecule has 40 heavy (non-hydrogen) atoms. The molecule has 1 aromatic heterocycles. The van der Waals surface area contributed by atoms with Crippen molar-refractivity contribution in [3.05, 3.63) is 66.0 Å². The number of aryl methyl sites for hydroxylation is 1. The Morgan fingerprint density at radius 1 is 1.02 bits per heavy atom. The number of carbonyl (C=O) groups excluding carboxylic acids is 1. The fourth-order valence-corrected chi connectivity index (χ4v) is 7.92. The molecule has 3 aliphatic rings. The van der Waals surface area contributed by atoms with Crippen LogP contribution in [0.5, 0.6) is 0 Å². The number of aromatic nitrogens is 2. The minimum absolute atomic E-state index is 0.0459. The van der Waals surface area contributed by atoms with Crippen molar-refractivity contribution in [2.75, 3.05) is 19.6 Å². The van der Waals surface area contributed by atoms with E-state index in [-0.39, 0.29) is 11.3 Å². The minimum atomic E-state index is -1.22. The highest BCUT2D eigenvalue weighted by Crippen LogP contribution is 2.45. The van der Waals surface area contributed by atoms with Gasteiger partial charge in [0.25, 0.3) is 0 Å². The summed E-state index contributed by atoms with van der Waals surface area (Å²) in [7, 11) is 0. The number of imidazole rings is 1. The summed E-state index contributed by atoms with van der Waals surface area (Å²) in [5.41, 5.74) is 8.71. The topological polar surface area (TPSA) is 87.6 Å². The second kappa shape index (κ2) is 10.6. The number of hydrogen-bond donors (Lipinski definition) is 2. The Kier molecular flexibility index (Phi) is 7.26. The number of para-hydroxylation sites is 2. The molecular weight excluding hydrogens is 498 g/mol. The molecular formula is C33H45N5O2. The number of hydrogen-bond acceptors (Lipinski definition) is 5. The van der Waals surface area contributed by atoms with Crippen molar-refractivity contribution in [2.24, 2.45) is 5.73 Å². The fourth-order valence-electron chi connectivity index (χ4n) is 7.92. The first-order valence-corrected chi connectivity index (χ1v) is 15.2. The third-order valence-electron chi connectivity index (χ3n) is 10.3. The summed E-state index contributed by atoms with van der Waals surface area (Å²) >= 11 is 0. The first-order valence-electron chi connectivity index (χ1n) is 15.2. The number of rotatable bonds is 7. The van der Waals surface area contributed by atoms with Gasteiger partial charge in [-0.25, -0.2) is 4.98 Å². The van der Waals surface area contributed by atoms with E-state index in [1.807, 2.05) is 4.90 Å². The van der Waals surface area contributed by atoms with Crippen LogP contribution in [0.2, 0.25) is 0 Å². The van der Waals surface area contributed by atoms with Gasteiger partial charge in [-0.3, -0.25) is 9.69 Å². The number of likely N-dealkylation sites (tertiary alicyclic amines) is 1. The first-order chi connectivity index (χ1) is 19.2. The SMILES string of the molecule is Cc1nc2ccccc2n1[C@H]1C[C@H]2CC[C@@H](C1)N2CCC1(c2ccccc2)CCN(C(=O)[C@@H](N)C(C)(C)O)CC1. The molecule has 2 bridgehead atoms. The van der Waals surface area contributed by atoms with Crippen molar-refractivity contribution in [3.8, 4) is 0 Å². The summed E-state index contributed by atoms with van der Waals surface area (Å²) in [5, 5.41) is 10.3. The van der Waals surface area contributed by atoms with Crippen LogP contribution in [0.4, 0.5) is 0 Å². The van der Waals surface area contributed by atoms with Gasteiger partial charge in [0, 0.05) is 31.2 Å². The van der Waals surface area contributed by atoms with Crippen LogP contribution in [-0.4, -0.2) is 73.7 Å². The average Bonchev–Trinajstić information content (AvgIpc) is 3.41.